The molecule has 2 rings (SSSR count). The van der Waals surface area contributed by atoms with Gasteiger partial charge >= 0.3 is 0 Å². The van der Waals surface area contributed by atoms with Crippen molar-refractivity contribution in [2.75, 3.05) is 5.32 Å². The zero-order chi connectivity index (χ0) is 15.6. The molecule has 3 nitrogen and oxygen atoms in total. The minimum atomic E-state index is -1.29. The summed E-state index contributed by atoms with van der Waals surface area (Å²) in [7, 11) is 0. The van der Waals surface area contributed by atoms with E-state index in [0.29, 0.717) is 0 Å². The van der Waals surface area contributed by atoms with E-state index in [9.17, 15) is 18.0 Å². The lowest BCUT2D eigenvalue weighted by Crippen LogP contribution is -2.15. The Balaban J connectivity index is 2.39. The van der Waals surface area contributed by atoms with Gasteiger partial charge < -0.3 is 5.32 Å². The average molecular weight is 290 g/mol. The maximum absolute atomic E-state index is 13.6. The molecule has 0 saturated carbocycles. The third-order valence-electron chi connectivity index (χ3n) is 2.92. The maximum atomic E-state index is 13.6. The molecular weight excluding hydrogens is 281 g/mol. The van der Waals surface area contributed by atoms with E-state index in [4.69, 9.17) is 5.26 Å². The smallest absolute Gasteiger partial charge is 0.258 e. The molecule has 0 aliphatic rings. The van der Waals surface area contributed by atoms with E-state index in [1.54, 1.807) is 6.07 Å². The first-order valence-electron chi connectivity index (χ1n) is 5.89. The third kappa shape index (κ3) is 2.87. The van der Waals surface area contributed by atoms with Crippen LogP contribution in [0, 0.1) is 35.7 Å². The molecule has 0 unspecified atom stereocenters. The fourth-order valence-electron chi connectivity index (χ4n) is 1.74. The number of hydrogen-bond donors (Lipinski definition) is 1. The number of carbonyl (C=O) groups excluding carboxylic acids is 1. The van der Waals surface area contributed by atoms with Gasteiger partial charge in [0.05, 0.1) is 17.2 Å². The fraction of sp³-hybridized carbons (Fsp3) is 0.0667. The van der Waals surface area contributed by atoms with Crippen molar-refractivity contribution in [3.05, 3.63) is 64.5 Å². The quantitative estimate of drug-likeness (QED) is 0.919. The first-order valence-corrected chi connectivity index (χ1v) is 5.89. The summed E-state index contributed by atoms with van der Waals surface area (Å²) in [4.78, 5) is 11.9. The molecule has 0 spiro atoms. The molecule has 0 radical (unpaired) electrons. The zero-order valence-corrected chi connectivity index (χ0v) is 10.9. The Labute approximate surface area is 118 Å². The molecule has 6 heteroatoms. The number of nitriles is 1. The Hall–Kier alpha value is -2.81. The van der Waals surface area contributed by atoms with Crippen molar-refractivity contribution in [1.29, 1.82) is 5.26 Å². The average Bonchev–Trinajstić information content (AvgIpc) is 2.46. The van der Waals surface area contributed by atoms with Crippen molar-refractivity contribution in [2.45, 2.75) is 6.92 Å². The Morgan fingerprint density at radius 3 is 2.57 bits per heavy atom. The lowest BCUT2D eigenvalue weighted by Gasteiger charge is -2.10. The molecule has 106 valence electrons. The topological polar surface area (TPSA) is 52.9 Å². The molecule has 1 N–H and O–H groups in total. The standard InChI is InChI=1S/C15H9F3N2O/c1-8-12(17)5-9(7-19)6-13(8)20-15(21)10-3-2-4-11(16)14(10)18/h2-6H,1H3,(H,20,21). The minimum Gasteiger partial charge on any atom is -0.322 e. The predicted octanol–water partition coefficient (Wildman–Crippen LogP) is 3.54. The highest BCUT2D eigenvalue weighted by Gasteiger charge is 2.17. The number of rotatable bonds is 2. The summed E-state index contributed by atoms with van der Waals surface area (Å²) < 4.78 is 40.2. The van der Waals surface area contributed by atoms with Gasteiger partial charge in [0.1, 0.15) is 5.82 Å². The van der Waals surface area contributed by atoms with Crippen LogP contribution in [0.3, 0.4) is 0 Å². The van der Waals surface area contributed by atoms with Gasteiger partial charge in [-0.25, -0.2) is 13.2 Å². The van der Waals surface area contributed by atoms with Gasteiger partial charge in [-0.1, -0.05) is 6.07 Å². The molecule has 0 aliphatic carbocycles. The van der Waals surface area contributed by atoms with Crippen molar-refractivity contribution in [2.24, 2.45) is 0 Å². The molecule has 0 atom stereocenters. The zero-order valence-electron chi connectivity index (χ0n) is 10.9. The number of halogens is 3. The summed E-state index contributed by atoms with van der Waals surface area (Å²) in [6.07, 6.45) is 0. The molecule has 0 bridgehead atoms. The minimum absolute atomic E-state index is 0.00751. The lowest BCUT2D eigenvalue weighted by molar-refractivity contribution is 0.102. The van der Waals surface area contributed by atoms with E-state index in [1.165, 1.54) is 19.1 Å². The molecular formula is C15H9F3N2O. The Morgan fingerprint density at radius 2 is 1.90 bits per heavy atom. The second-order valence-corrected chi connectivity index (χ2v) is 4.30. The van der Waals surface area contributed by atoms with Crippen molar-refractivity contribution < 1.29 is 18.0 Å². The molecule has 0 fully saturated rings. The van der Waals surface area contributed by atoms with Crippen LogP contribution in [-0.2, 0) is 0 Å². The second kappa shape index (κ2) is 5.67. The van der Waals surface area contributed by atoms with E-state index in [2.05, 4.69) is 5.32 Å². The monoisotopic (exact) mass is 290 g/mol. The summed E-state index contributed by atoms with van der Waals surface area (Å²) >= 11 is 0. The van der Waals surface area contributed by atoms with Gasteiger partial charge in [-0.3, -0.25) is 4.79 Å². The molecule has 0 saturated heterocycles. The molecule has 2 aromatic rings. The van der Waals surface area contributed by atoms with Crippen LogP contribution in [0.2, 0.25) is 0 Å². The SMILES string of the molecule is Cc1c(F)cc(C#N)cc1NC(=O)c1cccc(F)c1F. The molecule has 21 heavy (non-hydrogen) atoms. The highest BCUT2D eigenvalue weighted by molar-refractivity contribution is 6.04. The van der Waals surface area contributed by atoms with Gasteiger partial charge in [0, 0.05) is 11.3 Å². The van der Waals surface area contributed by atoms with E-state index in [-0.39, 0.29) is 16.8 Å². The van der Waals surface area contributed by atoms with Gasteiger partial charge in [-0.2, -0.15) is 5.26 Å². The van der Waals surface area contributed by atoms with Crippen LogP contribution in [0.4, 0.5) is 18.9 Å². The van der Waals surface area contributed by atoms with Crippen LogP contribution in [0.5, 0.6) is 0 Å². The van der Waals surface area contributed by atoms with Crippen molar-refractivity contribution >= 4 is 11.6 Å². The Morgan fingerprint density at radius 1 is 1.19 bits per heavy atom. The molecule has 0 aromatic heterocycles. The maximum Gasteiger partial charge on any atom is 0.258 e. The van der Waals surface area contributed by atoms with E-state index >= 15 is 0 Å². The summed E-state index contributed by atoms with van der Waals surface area (Å²) in [5.74, 6) is -4.05. The first-order chi connectivity index (χ1) is 9.93. The number of nitrogens with one attached hydrogen (secondary N) is 1. The fourth-order valence-corrected chi connectivity index (χ4v) is 1.74. The van der Waals surface area contributed by atoms with Crippen molar-refractivity contribution in [1.82, 2.24) is 0 Å². The largest absolute Gasteiger partial charge is 0.322 e. The van der Waals surface area contributed by atoms with Crippen LogP contribution >= 0.6 is 0 Å². The molecule has 0 heterocycles. The highest BCUT2D eigenvalue weighted by atomic mass is 19.2. The van der Waals surface area contributed by atoms with Crippen molar-refractivity contribution in [3.63, 3.8) is 0 Å². The number of amides is 1. The van der Waals surface area contributed by atoms with Gasteiger partial charge in [-0.15, -0.1) is 0 Å². The Bertz CT molecular complexity index is 766. The molecule has 1 amide bonds. The Kier molecular flexibility index (Phi) is 3.94. The highest BCUT2D eigenvalue weighted by Crippen LogP contribution is 2.22. The van der Waals surface area contributed by atoms with E-state index in [0.717, 1.165) is 18.2 Å². The number of nitrogens with zero attached hydrogens (tertiary/aromatic N) is 1. The summed E-state index contributed by atoms with van der Waals surface area (Å²) in [5.41, 5.74) is -0.371. The number of hydrogen-bond acceptors (Lipinski definition) is 2. The van der Waals surface area contributed by atoms with Gasteiger partial charge in [-0.05, 0) is 31.2 Å². The van der Waals surface area contributed by atoms with Gasteiger partial charge in [0.25, 0.3) is 5.91 Å². The normalized spacial score (nSPS) is 10.0. The van der Waals surface area contributed by atoms with E-state index < -0.39 is 28.9 Å². The van der Waals surface area contributed by atoms with Gasteiger partial charge in [0.15, 0.2) is 11.6 Å². The van der Waals surface area contributed by atoms with Crippen LogP contribution in [0.1, 0.15) is 21.5 Å². The predicted molar refractivity (Wildman–Crippen MR) is 70.2 cm³/mol. The first kappa shape index (κ1) is 14.6. The number of anilines is 1. The van der Waals surface area contributed by atoms with Crippen molar-refractivity contribution in [3.8, 4) is 6.07 Å². The summed E-state index contributed by atoms with van der Waals surface area (Å²) in [5, 5.41) is 11.0. The summed E-state index contributed by atoms with van der Waals surface area (Å²) in [6.45, 7) is 1.40. The summed E-state index contributed by atoms with van der Waals surface area (Å²) in [6, 6.07) is 7.20. The van der Waals surface area contributed by atoms with Crippen LogP contribution in [-0.4, -0.2) is 5.91 Å². The number of benzene rings is 2. The van der Waals surface area contributed by atoms with Crippen LogP contribution in [0.15, 0.2) is 30.3 Å². The van der Waals surface area contributed by atoms with Crippen LogP contribution in [0.25, 0.3) is 0 Å². The molecule has 0 aliphatic heterocycles. The third-order valence-corrected chi connectivity index (χ3v) is 2.92. The lowest BCUT2D eigenvalue weighted by atomic mass is 10.1. The van der Waals surface area contributed by atoms with Crippen LogP contribution < -0.4 is 5.32 Å². The second-order valence-electron chi connectivity index (χ2n) is 4.30. The van der Waals surface area contributed by atoms with Gasteiger partial charge in [0.2, 0.25) is 0 Å². The molecule has 2 aromatic carbocycles. The number of carbonyl (C=O) groups is 1. The van der Waals surface area contributed by atoms with E-state index in [1.807, 2.05) is 0 Å².